The standard InChI is InChI=1S/C6H8O7.2Na.H2O3Se/c7-3(8)1-6(13,5(11)12)2-4(9)10;;;1-4(2)3/h13H,1-2H2,(H,7,8)(H,9,10)(H,11,12);;;(H2,1,2,3)/q;2*+1;/p-2. The van der Waals surface area contributed by atoms with Gasteiger partial charge in [-0.2, -0.15) is 0 Å². The Morgan fingerprint density at radius 1 is 0.947 bits per heavy atom. The fourth-order valence-electron chi connectivity index (χ4n) is 0.714. The van der Waals surface area contributed by atoms with Crippen LogP contribution in [0.25, 0.3) is 0 Å². The summed E-state index contributed by atoms with van der Waals surface area (Å²) >= 11 is -3.79. The first kappa shape index (κ1) is 27.9. The van der Waals surface area contributed by atoms with Gasteiger partial charge in [0.05, 0.1) is 12.8 Å². The van der Waals surface area contributed by atoms with E-state index in [4.69, 9.17) is 32.6 Å². The zero-order valence-corrected chi connectivity index (χ0v) is 15.8. The summed E-state index contributed by atoms with van der Waals surface area (Å²) in [5.41, 5.74) is -2.74. The second-order valence-corrected chi connectivity index (χ2v) is 3.54. The molecule has 13 heteroatoms. The van der Waals surface area contributed by atoms with Crippen LogP contribution in [0, 0.1) is 0 Å². The third-order valence-electron chi connectivity index (χ3n) is 1.29. The van der Waals surface area contributed by atoms with Crippen molar-refractivity contribution in [3.8, 4) is 0 Å². The molecule has 0 amide bonds. The van der Waals surface area contributed by atoms with Gasteiger partial charge in [-0.05, 0) is 0 Å². The normalized spacial score (nSPS) is 9.26. The fraction of sp³-hybridized carbons (Fsp3) is 0.500. The molecule has 0 bridgehead atoms. The van der Waals surface area contributed by atoms with E-state index >= 15 is 0 Å². The number of rotatable bonds is 5. The van der Waals surface area contributed by atoms with Gasteiger partial charge in [0, 0.05) is 0 Å². The van der Waals surface area contributed by atoms with Gasteiger partial charge in [-0.3, -0.25) is 9.59 Å². The van der Waals surface area contributed by atoms with Crippen LogP contribution in [-0.4, -0.2) is 58.4 Å². The molecule has 0 aromatic heterocycles. The minimum atomic E-state index is -3.79. The van der Waals surface area contributed by atoms with Crippen molar-refractivity contribution in [3.05, 3.63) is 0 Å². The van der Waals surface area contributed by atoms with Gasteiger partial charge in [-0.1, -0.05) is 0 Å². The third kappa shape index (κ3) is 18.6. The third-order valence-corrected chi connectivity index (χ3v) is 1.29. The van der Waals surface area contributed by atoms with Crippen molar-refractivity contribution in [2.24, 2.45) is 0 Å². The molecule has 0 aliphatic rings. The summed E-state index contributed by atoms with van der Waals surface area (Å²) in [7, 11) is 0. The minimum Gasteiger partial charge on any atom is 1.00 e. The first-order valence-corrected chi connectivity index (χ1v) is 5.77. The van der Waals surface area contributed by atoms with Gasteiger partial charge in [0.15, 0.2) is 5.60 Å². The number of carboxylic acids is 3. The molecule has 0 saturated heterocycles. The zero-order valence-electron chi connectivity index (χ0n) is 10.1. The minimum absolute atomic E-state index is 0. The smallest absolute Gasteiger partial charge is 1.00 e. The SMILES string of the molecule is O=C(O)CC(O)(CC(=O)O)C(=O)O.O=[Se]([O-])[O-].[Na+].[Na+]. The Morgan fingerprint density at radius 3 is 1.26 bits per heavy atom. The van der Waals surface area contributed by atoms with Crippen LogP contribution in [-0.2, 0) is 18.2 Å². The van der Waals surface area contributed by atoms with Gasteiger partial charge in [0.25, 0.3) is 0 Å². The molecule has 0 saturated carbocycles. The zero-order chi connectivity index (χ0) is 14.2. The van der Waals surface area contributed by atoms with E-state index in [1.54, 1.807) is 0 Å². The summed E-state index contributed by atoms with van der Waals surface area (Å²) in [6, 6.07) is 0. The van der Waals surface area contributed by atoms with E-state index < -0.39 is 50.8 Å². The topological polar surface area (TPSA) is 195 Å². The van der Waals surface area contributed by atoms with Gasteiger partial charge in [-0.25, -0.2) is 4.79 Å². The van der Waals surface area contributed by atoms with E-state index in [-0.39, 0.29) is 59.1 Å². The molecule has 100 valence electrons. The predicted molar refractivity (Wildman–Crippen MR) is 43.5 cm³/mol. The Hall–Kier alpha value is 0.609. The molecule has 0 aromatic rings. The molecule has 0 radical (unpaired) electrons. The van der Waals surface area contributed by atoms with Gasteiger partial charge >= 0.3 is 104 Å². The van der Waals surface area contributed by atoms with E-state index in [1.165, 1.54) is 0 Å². The summed E-state index contributed by atoms with van der Waals surface area (Å²) < 4.78 is 25.6. The van der Waals surface area contributed by atoms with E-state index in [2.05, 4.69) is 0 Å². The molecule has 0 atom stereocenters. The Bertz CT molecular complexity index is 312. The molecule has 19 heavy (non-hydrogen) atoms. The first-order valence-electron chi connectivity index (χ1n) is 3.67. The molecule has 10 nitrogen and oxygen atoms in total. The van der Waals surface area contributed by atoms with Crippen LogP contribution in [0.15, 0.2) is 0 Å². The van der Waals surface area contributed by atoms with Gasteiger partial charge in [0.2, 0.25) is 0 Å². The maximum Gasteiger partial charge on any atom is 1.00 e. The van der Waals surface area contributed by atoms with Crippen LogP contribution < -0.4 is 67.5 Å². The van der Waals surface area contributed by atoms with E-state index in [0.29, 0.717) is 0 Å². The maximum atomic E-state index is 10.3. The Morgan fingerprint density at radius 2 is 1.16 bits per heavy atom. The number of aliphatic hydroxyl groups is 1. The van der Waals surface area contributed by atoms with Crippen LogP contribution >= 0.6 is 0 Å². The van der Waals surface area contributed by atoms with E-state index in [1.807, 2.05) is 0 Å². The molecule has 4 N–H and O–H groups in total. The monoisotopic (exact) mass is 366 g/mol. The van der Waals surface area contributed by atoms with Gasteiger partial charge in [0.1, 0.15) is 0 Å². The number of carboxylic acid groups (broad SMARTS) is 3. The number of hydrogen-bond acceptors (Lipinski definition) is 7. The van der Waals surface area contributed by atoms with Crippen molar-refractivity contribution in [3.63, 3.8) is 0 Å². The van der Waals surface area contributed by atoms with Crippen LogP contribution in [0.1, 0.15) is 12.8 Å². The van der Waals surface area contributed by atoms with Crippen molar-refractivity contribution in [1.29, 1.82) is 0 Å². The van der Waals surface area contributed by atoms with Crippen LogP contribution in [0.3, 0.4) is 0 Å². The Kier molecular flexibility index (Phi) is 19.9. The average Bonchev–Trinajstić information content (AvgIpc) is 1.98. The number of carbonyl (C=O) groups is 3. The molecule has 0 aliphatic carbocycles. The molecule has 0 fully saturated rings. The van der Waals surface area contributed by atoms with Crippen molar-refractivity contribution in [2.45, 2.75) is 18.4 Å². The molecular formula is C6H8Na2O10Se. The molecule has 0 heterocycles. The maximum absolute atomic E-state index is 10.3. The molecule has 0 unspecified atom stereocenters. The summed E-state index contributed by atoms with van der Waals surface area (Å²) in [5.74, 6) is -5.02. The Labute approximate surface area is 155 Å². The van der Waals surface area contributed by atoms with Crippen LogP contribution in [0.4, 0.5) is 0 Å². The predicted octanol–water partition coefficient (Wildman–Crippen LogP) is -10.1. The molecular weight excluding hydrogens is 357 g/mol. The van der Waals surface area contributed by atoms with Gasteiger partial charge in [-0.15, -0.1) is 0 Å². The average molecular weight is 365 g/mol. The summed E-state index contributed by atoms with van der Waals surface area (Å²) in [5, 5.41) is 33.8. The summed E-state index contributed by atoms with van der Waals surface area (Å²) in [6.45, 7) is 0. The molecule has 0 spiro atoms. The van der Waals surface area contributed by atoms with E-state index in [0.717, 1.165) is 0 Å². The summed E-state index contributed by atoms with van der Waals surface area (Å²) in [6.07, 6.45) is -2.29. The molecule has 0 aromatic carbocycles. The molecule has 0 aliphatic heterocycles. The van der Waals surface area contributed by atoms with Crippen molar-refractivity contribution in [2.75, 3.05) is 0 Å². The van der Waals surface area contributed by atoms with Crippen LogP contribution in [0.2, 0.25) is 0 Å². The second-order valence-electron chi connectivity index (χ2n) is 2.68. The fourth-order valence-corrected chi connectivity index (χ4v) is 0.714. The largest absolute Gasteiger partial charge is 1.00 e. The number of hydrogen-bond donors (Lipinski definition) is 4. The Balaban J connectivity index is -0.000000165. The molecule has 0 rings (SSSR count). The van der Waals surface area contributed by atoms with Crippen molar-refractivity contribution >= 4 is 32.4 Å². The van der Waals surface area contributed by atoms with Gasteiger partial charge < -0.3 is 20.4 Å². The first-order chi connectivity index (χ1) is 7.51. The van der Waals surface area contributed by atoms with Crippen molar-refractivity contribution < 1.29 is 106 Å². The second kappa shape index (κ2) is 13.6. The summed E-state index contributed by atoms with van der Waals surface area (Å²) in [4.78, 5) is 30.5. The van der Waals surface area contributed by atoms with Crippen molar-refractivity contribution in [1.82, 2.24) is 0 Å². The van der Waals surface area contributed by atoms with Crippen LogP contribution in [0.5, 0.6) is 0 Å². The van der Waals surface area contributed by atoms with E-state index in [9.17, 15) is 14.4 Å². The number of aliphatic carboxylic acids is 3. The quantitative estimate of drug-likeness (QED) is 0.340.